The fraction of sp³-hybridized carbons (Fsp3) is 0.200. The molecule has 8 heteroatoms. The molecule has 3 N–H and O–H groups in total. The summed E-state index contributed by atoms with van der Waals surface area (Å²) >= 11 is 0. The summed E-state index contributed by atoms with van der Waals surface area (Å²) in [6, 6.07) is 5.23. The van der Waals surface area contributed by atoms with Gasteiger partial charge in [-0.2, -0.15) is 5.10 Å². The van der Waals surface area contributed by atoms with E-state index in [1.165, 1.54) is 0 Å². The number of pyridine rings is 1. The van der Waals surface area contributed by atoms with Gasteiger partial charge in [-0.3, -0.25) is 14.5 Å². The molecule has 3 heterocycles. The van der Waals surface area contributed by atoms with E-state index in [2.05, 4.69) is 15.1 Å². The van der Waals surface area contributed by atoms with Gasteiger partial charge in [-0.15, -0.1) is 0 Å². The number of carbonyl (C=O) groups is 1. The highest BCUT2D eigenvalue weighted by Gasteiger charge is 2.21. The molecule has 118 valence electrons. The average molecular weight is 313 g/mol. The van der Waals surface area contributed by atoms with Crippen LogP contribution in [0.3, 0.4) is 0 Å². The van der Waals surface area contributed by atoms with Gasteiger partial charge in [0.2, 0.25) is 5.89 Å². The summed E-state index contributed by atoms with van der Waals surface area (Å²) in [6.45, 7) is 2.01. The van der Waals surface area contributed by atoms with Crippen LogP contribution in [0.1, 0.15) is 17.4 Å². The van der Waals surface area contributed by atoms with E-state index in [1.54, 1.807) is 48.4 Å². The van der Waals surface area contributed by atoms with Crippen LogP contribution in [0.4, 0.5) is 0 Å². The van der Waals surface area contributed by atoms with Crippen LogP contribution in [-0.2, 0) is 6.54 Å². The Morgan fingerprint density at radius 2 is 2.30 bits per heavy atom. The molecule has 1 unspecified atom stereocenters. The van der Waals surface area contributed by atoms with Gasteiger partial charge in [-0.05, 0) is 19.1 Å². The van der Waals surface area contributed by atoms with Gasteiger partial charge in [0.05, 0.1) is 24.4 Å². The third-order valence-electron chi connectivity index (χ3n) is 3.09. The van der Waals surface area contributed by atoms with Crippen molar-refractivity contribution in [3.05, 3.63) is 42.5 Å². The van der Waals surface area contributed by atoms with Crippen LogP contribution in [-0.4, -0.2) is 36.9 Å². The molecule has 0 aliphatic rings. The number of aliphatic hydroxyl groups is 1. The normalized spacial score (nSPS) is 12.3. The molecule has 1 atom stereocenters. The molecule has 23 heavy (non-hydrogen) atoms. The number of carbonyl (C=O) groups excluding carboxylic acids is 1. The fourth-order valence-electron chi connectivity index (χ4n) is 2.13. The van der Waals surface area contributed by atoms with E-state index in [9.17, 15) is 9.90 Å². The first-order chi connectivity index (χ1) is 11.0. The molecule has 0 saturated carbocycles. The molecule has 3 aromatic heterocycles. The largest absolute Gasteiger partial charge is 0.433 e. The molecule has 8 nitrogen and oxygen atoms in total. The summed E-state index contributed by atoms with van der Waals surface area (Å²) in [4.78, 5) is 19.9. The third-order valence-corrected chi connectivity index (χ3v) is 3.09. The number of nitrogens with two attached hydrogens (primary N) is 1. The second-order valence-electron chi connectivity index (χ2n) is 5.08. The Balaban J connectivity index is 2.01. The van der Waals surface area contributed by atoms with Crippen LogP contribution in [0.5, 0.6) is 0 Å². The highest BCUT2D eigenvalue weighted by Crippen LogP contribution is 2.28. The monoisotopic (exact) mass is 313 g/mol. The number of aliphatic hydroxyl groups excluding tert-OH is 1. The van der Waals surface area contributed by atoms with Gasteiger partial charge in [0.15, 0.2) is 11.5 Å². The van der Waals surface area contributed by atoms with Crippen molar-refractivity contribution in [3.8, 4) is 22.9 Å². The van der Waals surface area contributed by atoms with Crippen molar-refractivity contribution in [1.29, 1.82) is 0 Å². The maximum atomic E-state index is 11.6. The van der Waals surface area contributed by atoms with Crippen LogP contribution < -0.4 is 5.73 Å². The van der Waals surface area contributed by atoms with E-state index >= 15 is 0 Å². The standard InChI is InChI=1S/C15H15N5O3/c1-9(21)7-20-8-10(6-18-20)15-19-12(14(16)22)13(23-15)11-4-2-3-5-17-11/h2-6,8-9,21H,7H2,1H3,(H2,16,22). The molecule has 0 fully saturated rings. The number of hydrogen-bond acceptors (Lipinski definition) is 6. The fourth-order valence-corrected chi connectivity index (χ4v) is 2.13. The minimum Gasteiger partial charge on any atom is -0.433 e. The van der Waals surface area contributed by atoms with Crippen LogP contribution in [0.25, 0.3) is 22.9 Å². The number of nitrogens with zero attached hydrogens (tertiary/aromatic N) is 4. The average Bonchev–Trinajstić information content (AvgIpc) is 3.14. The van der Waals surface area contributed by atoms with Crippen LogP contribution in [0.2, 0.25) is 0 Å². The topological polar surface area (TPSA) is 120 Å². The van der Waals surface area contributed by atoms with Crippen LogP contribution >= 0.6 is 0 Å². The first kappa shape index (κ1) is 14.9. The van der Waals surface area contributed by atoms with Crippen molar-refractivity contribution in [2.75, 3.05) is 0 Å². The van der Waals surface area contributed by atoms with Crippen molar-refractivity contribution >= 4 is 5.91 Å². The lowest BCUT2D eigenvalue weighted by Gasteiger charge is -2.02. The zero-order valence-electron chi connectivity index (χ0n) is 12.4. The smallest absolute Gasteiger partial charge is 0.271 e. The number of aromatic nitrogens is 4. The van der Waals surface area contributed by atoms with Gasteiger partial charge in [0.25, 0.3) is 5.91 Å². The molecular weight excluding hydrogens is 298 g/mol. The van der Waals surface area contributed by atoms with E-state index in [0.29, 0.717) is 17.8 Å². The number of rotatable bonds is 5. The molecule has 1 amide bonds. The third kappa shape index (κ3) is 3.11. The minimum atomic E-state index is -0.697. The number of oxazole rings is 1. The molecule has 0 radical (unpaired) electrons. The number of primary amides is 1. The molecule has 0 aliphatic carbocycles. The van der Waals surface area contributed by atoms with Gasteiger partial charge in [-0.1, -0.05) is 6.07 Å². The molecular formula is C15H15N5O3. The highest BCUT2D eigenvalue weighted by molar-refractivity contribution is 5.96. The lowest BCUT2D eigenvalue weighted by Crippen LogP contribution is -2.12. The van der Waals surface area contributed by atoms with Crippen molar-refractivity contribution in [1.82, 2.24) is 19.7 Å². The number of amides is 1. The Labute approximate surface area is 131 Å². The van der Waals surface area contributed by atoms with Crippen molar-refractivity contribution in [2.24, 2.45) is 5.73 Å². The minimum absolute atomic E-state index is 0.0157. The lowest BCUT2D eigenvalue weighted by molar-refractivity contribution is 0.0996. The van der Waals surface area contributed by atoms with E-state index in [1.807, 2.05) is 0 Å². The van der Waals surface area contributed by atoms with Crippen molar-refractivity contribution in [2.45, 2.75) is 19.6 Å². The first-order valence-corrected chi connectivity index (χ1v) is 6.97. The van der Waals surface area contributed by atoms with E-state index in [4.69, 9.17) is 10.2 Å². The van der Waals surface area contributed by atoms with E-state index < -0.39 is 12.0 Å². The predicted molar refractivity (Wildman–Crippen MR) is 81.2 cm³/mol. The predicted octanol–water partition coefficient (Wildman–Crippen LogP) is 1.08. The van der Waals surface area contributed by atoms with Gasteiger partial charge < -0.3 is 15.3 Å². The van der Waals surface area contributed by atoms with Gasteiger partial charge in [-0.25, -0.2) is 4.98 Å². The summed E-state index contributed by atoms with van der Waals surface area (Å²) in [5.41, 5.74) is 6.43. The Hall–Kier alpha value is -3.00. The Kier molecular flexibility index (Phi) is 3.90. The number of hydrogen-bond donors (Lipinski definition) is 2. The first-order valence-electron chi connectivity index (χ1n) is 6.97. The van der Waals surface area contributed by atoms with E-state index in [0.717, 1.165) is 0 Å². The molecule has 3 rings (SSSR count). The van der Waals surface area contributed by atoms with Crippen molar-refractivity contribution in [3.63, 3.8) is 0 Å². The van der Waals surface area contributed by atoms with Gasteiger partial charge >= 0.3 is 0 Å². The summed E-state index contributed by atoms with van der Waals surface area (Å²) in [5.74, 6) is -0.260. The molecule has 3 aromatic rings. The summed E-state index contributed by atoms with van der Waals surface area (Å²) in [5, 5.41) is 13.5. The Morgan fingerprint density at radius 1 is 1.48 bits per heavy atom. The zero-order chi connectivity index (χ0) is 16.4. The Morgan fingerprint density at radius 3 is 2.96 bits per heavy atom. The van der Waals surface area contributed by atoms with Crippen molar-refractivity contribution < 1.29 is 14.3 Å². The maximum Gasteiger partial charge on any atom is 0.271 e. The van der Waals surface area contributed by atoms with E-state index in [-0.39, 0.29) is 17.3 Å². The quantitative estimate of drug-likeness (QED) is 0.727. The molecule has 0 spiro atoms. The summed E-state index contributed by atoms with van der Waals surface area (Å²) < 4.78 is 7.24. The summed E-state index contributed by atoms with van der Waals surface area (Å²) in [6.07, 6.45) is 4.27. The van der Waals surface area contributed by atoms with Gasteiger partial charge in [0.1, 0.15) is 5.69 Å². The summed E-state index contributed by atoms with van der Waals surface area (Å²) in [7, 11) is 0. The van der Waals surface area contributed by atoms with Crippen LogP contribution in [0.15, 0.2) is 41.2 Å². The second kappa shape index (κ2) is 6.01. The molecule has 0 saturated heterocycles. The maximum absolute atomic E-state index is 11.6. The second-order valence-corrected chi connectivity index (χ2v) is 5.08. The Bertz CT molecular complexity index is 823. The van der Waals surface area contributed by atoms with Gasteiger partial charge in [0, 0.05) is 12.4 Å². The lowest BCUT2D eigenvalue weighted by atomic mass is 10.2. The van der Waals surface area contributed by atoms with Crippen LogP contribution in [0, 0.1) is 0 Å². The molecule has 0 aromatic carbocycles. The molecule has 0 bridgehead atoms. The highest BCUT2D eigenvalue weighted by atomic mass is 16.4. The zero-order valence-corrected chi connectivity index (χ0v) is 12.4. The molecule has 0 aliphatic heterocycles. The SMILES string of the molecule is CC(O)Cn1cc(-c2nc(C(N)=O)c(-c3ccccn3)o2)cn1.